The first-order valence-corrected chi connectivity index (χ1v) is 8.56. The van der Waals surface area contributed by atoms with Crippen LogP contribution in [0.5, 0.6) is 0 Å². The number of rotatable bonds is 6. The number of sulfonamides is 1. The minimum absolute atomic E-state index is 0.0656. The number of thiophene rings is 1. The van der Waals surface area contributed by atoms with Crippen molar-refractivity contribution in [3.05, 3.63) is 53.4 Å². The molecule has 0 spiro atoms. The first-order chi connectivity index (χ1) is 9.57. The fourth-order valence-electron chi connectivity index (χ4n) is 2.08. The van der Waals surface area contributed by atoms with Gasteiger partial charge in [0.25, 0.3) is 10.0 Å². The zero-order chi connectivity index (χ0) is 14.6. The van der Waals surface area contributed by atoms with Gasteiger partial charge < -0.3 is 5.11 Å². The van der Waals surface area contributed by atoms with Crippen LogP contribution in [0.2, 0.25) is 0 Å². The molecule has 2 rings (SSSR count). The van der Waals surface area contributed by atoms with Gasteiger partial charge in [-0.3, -0.25) is 0 Å². The maximum Gasteiger partial charge on any atom is 0.252 e. The molecule has 1 heterocycles. The molecule has 0 saturated carbocycles. The molecule has 4 nitrogen and oxygen atoms in total. The van der Waals surface area contributed by atoms with Crippen molar-refractivity contribution >= 4 is 21.4 Å². The van der Waals surface area contributed by atoms with Crippen LogP contribution in [0.25, 0.3) is 0 Å². The molecule has 6 heteroatoms. The average Bonchev–Trinajstić information content (AvgIpc) is 3.00. The Morgan fingerprint density at radius 3 is 2.45 bits per heavy atom. The lowest BCUT2D eigenvalue weighted by atomic mass is 10.0. The number of hydrogen-bond acceptors (Lipinski definition) is 4. The lowest BCUT2D eigenvalue weighted by Crippen LogP contribution is -2.31. The van der Waals surface area contributed by atoms with E-state index < -0.39 is 10.0 Å². The second-order valence-corrected chi connectivity index (χ2v) is 7.56. The Morgan fingerprint density at radius 1 is 1.20 bits per heavy atom. The molecule has 1 unspecified atom stereocenters. The van der Waals surface area contributed by atoms with Gasteiger partial charge in [0, 0.05) is 13.7 Å². The summed E-state index contributed by atoms with van der Waals surface area (Å²) in [7, 11) is -1.97. The summed E-state index contributed by atoms with van der Waals surface area (Å²) in [5, 5.41) is 11.0. The van der Waals surface area contributed by atoms with E-state index in [4.69, 9.17) is 0 Å². The maximum absolute atomic E-state index is 12.5. The second-order valence-electron chi connectivity index (χ2n) is 4.39. The van der Waals surface area contributed by atoms with Gasteiger partial charge in [-0.05, 0) is 23.4 Å². The largest absolute Gasteiger partial charge is 0.396 e. The maximum atomic E-state index is 12.5. The molecule has 0 fully saturated rings. The van der Waals surface area contributed by atoms with Crippen molar-refractivity contribution in [1.82, 2.24) is 4.31 Å². The van der Waals surface area contributed by atoms with Gasteiger partial charge in [0.05, 0.1) is 6.04 Å². The van der Waals surface area contributed by atoms with Crippen molar-refractivity contribution in [3.63, 3.8) is 0 Å². The fraction of sp³-hybridized carbons (Fsp3) is 0.286. The molecule has 0 aliphatic heterocycles. The number of nitrogens with zero attached hydrogens (tertiary/aromatic N) is 1. The van der Waals surface area contributed by atoms with Gasteiger partial charge in [-0.1, -0.05) is 36.4 Å². The molecule has 1 aromatic heterocycles. The summed E-state index contributed by atoms with van der Waals surface area (Å²) in [4.78, 5) is 0. The molecule has 0 aliphatic carbocycles. The van der Waals surface area contributed by atoms with Crippen molar-refractivity contribution in [3.8, 4) is 0 Å². The predicted molar refractivity (Wildman–Crippen MR) is 80.2 cm³/mol. The molecular formula is C14H17NO3S2. The third-order valence-electron chi connectivity index (χ3n) is 3.15. The normalized spacial score (nSPS) is 13.6. The number of aliphatic hydroxyl groups is 1. The van der Waals surface area contributed by atoms with Crippen molar-refractivity contribution < 1.29 is 13.5 Å². The van der Waals surface area contributed by atoms with Gasteiger partial charge >= 0.3 is 0 Å². The number of benzene rings is 1. The monoisotopic (exact) mass is 311 g/mol. The zero-order valence-electron chi connectivity index (χ0n) is 11.1. The highest BCUT2D eigenvalue weighted by Crippen LogP contribution is 2.30. The van der Waals surface area contributed by atoms with Crippen LogP contribution >= 0.6 is 11.3 Å². The highest BCUT2D eigenvalue weighted by Gasteiger charge is 2.29. The van der Waals surface area contributed by atoms with Gasteiger partial charge in [-0.25, -0.2) is 8.42 Å². The van der Waals surface area contributed by atoms with Crippen molar-refractivity contribution in [2.45, 2.75) is 16.7 Å². The van der Waals surface area contributed by atoms with Crippen LogP contribution < -0.4 is 0 Å². The van der Waals surface area contributed by atoms with Crippen LogP contribution in [-0.4, -0.2) is 31.5 Å². The molecule has 0 radical (unpaired) electrons. The Morgan fingerprint density at radius 2 is 1.90 bits per heavy atom. The Hall–Kier alpha value is -1.21. The minimum Gasteiger partial charge on any atom is -0.396 e. The summed E-state index contributed by atoms with van der Waals surface area (Å²) in [6.45, 7) is -0.0656. The van der Waals surface area contributed by atoms with Gasteiger partial charge in [0.2, 0.25) is 0 Å². The van der Waals surface area contributed by atoms with Crippen LogP contribution in [0.1, 0.15) is 18.0 Å². The van der Waals surface area contributed by atoms with E-state index in [1.807, 2.05) is 30.3 Å². The summed E-state index contributed by atoms with van der Waals surface area (Å²) < 4.78 is 26.7. The number of aliphatic hydroxyl groups excluding tert-OH is 1. The molecule has 20 heavy (non-hydrogen) atoms. The summed E-state index contributed by atoms with van der Waals surface area (Å²) in [6, 6.07) is 12.3. The van der Waals surface area contributed by atoms with Gasteiger partial charge in [0.15, 0.2) is 0 Å². The van der Waals surface area contributed by atoms with Crippen LogP contribution in [0, 0.1) is 0 Å². The van der Waals surface area contributed by atoms with E-state index in [-0.39, 0.29) is 12.6 Å². The van der Waals surface area contributed by atoms with Crippen LogP contribution in [0.15, 0.2) is 52.1 Å². The summed E-state index contributed by atoms with van der Waals surface area (Å²) in [5.74, 6) is 0. The molecule has 1 atom stereocenters. The standard InChI is InChI=1S/C14H17NO3S2/c1-15(20(17,18)14-8-5-11-19-14)13(9-10-16)12-6-3-2-4-7-12/h2-8,11,13,16H,9-10H2,1H3. The van der Waals surface area contributed by atoms with E-state index in [1.54, 1.807) is 24.6 Å². The highest BCUT2D eigenvalue weighted by molar-refractivity contribution is 7.91. The quantitative estimate of drug-likeness (QED) is 0.891. The first-order valence-electron chi connectivity index (χ1n) is 6.24. The van der Waals surface area contributed by atoms with Gasteiger partial charge in [-0.15, -0.1) is 11.3 Å². The van der Waals surface area contributed by atoms with E-state index in [1.165, 1.54) is 15.6 Å². The molecule has 0 saturated heterocycles. The highest BCUT2D eigenvalue weighted by atomic mass is 32.2. The topological polar surface area (TPSA) is 57.6 Å². The smallest absolute Gasteiger partial charge is 0.252 e. The third-order valence-corrected chi connectivity index (χ3v) is 6.39. The Bertz CT molecular complexity index is 624. The average molecular weight is 311 g/mol. The number of hydrogen-bond donors (Lipinski definition) is 1. The van der Waals surface area contributed by atoms with E-state index in [0.717, 1.165) is 5.56 Å². The predicted octanol–water partition coefficient (Wildman–Crippen LogP) is 2.49. The molecule has 1 aromatic carbocycles. The van der Waals surface area contributed by atoms with Crippen LogP contribution in [0.3, 0.4) is 0 Å². The Kier molecular flexibility index (Phi) is 4.93. The van der Waals surface area contributed by atoms with Crippen molar-refractivity contribution in [2.75, 3.05) is 13.7 Å². The Balaban J connectivity index is 2.35. The molecule has 108 valence electrons. The second kappa shape index (κ2) is 6.49. The summed E-state index contributed by atoms with van der Waals surface area (Å²) in [6.07, 6.45) is 0.366. The lowest BCUT2D eigenvalue weighted by Gasteiger charge is -2.27. The molecular weight excluding hydrogens is 294 g/mol. The molecule has 1 N–H and O–H groups in total. The van der Waals surface area contributed by atoms with Gasteiger partial charge in [0.1, 0.15) is 4.21 Å². The van der Waals surface area contributed by atoms with E-state index in [0.29, 0.717) is 10.6 Å². The lowest BCUT2D eigenvalue weighted by molar-refractivity contribution is 0.240. The van der Waals surface area contributed by atoms with Crippen LogP contribution in [-0.2, 0) is 10.0 Å². The fourth-order valence-corrected chi connectivity index (χ4v) is 4.63. The zero-order valence-corrected chi connectivity index (χ0v) is 12.8. The summed E-state index contributed by atoms with van der Waals surface area (Å²) >= 11 is 1.20. The molecule has 0 bridgehead atoms. The third kappa shape index (κ3) is 3.09. The molecule has 0 aliphatic rings. The first kappa shape index (κ1) is 15.2. The van der Waals surface area contributed by atoms with E-state index in [2.05, 4.69) is 0 Å². The van der Waals surface area contributed by atoms with Crippen molar-refractivity contribution in [1.29, 1.82) is 0 Å². The van der Waals surface area contributed by atoms with Crippen LogP contribution in [0.4, 0.5) is 0 Å². The van der Waals surface area contributed by atoms with Gasteiger partial charge in [-0.2, -0.15) is 4.31 Å². The Labute approximate surface area is 123 Å². The minimum atomic E-state index is -3.52. The van der Waals surface area contributed by atoms with Crippen molar-refractivity contribution in [2.24, 2.45) is 0 Å². The van der Waals surface area contributed by atoms with E-state index >= 15 is 0 Å². The molecule has 0 amide bonds. The molecule has 2 aromatic rings. The van der Waals surface area contributed by atoms with E-state index in [9.17, 15) is 13.5 Å². The SMILES string of the molecule is CN(C(CCO)c1ccccc1)S(=O)(=O)c1cccs1. The summed E-state index contributed by atoms with van der Waals surface area (Å²) in [5.41, 5.74) is 0.879.